The van der Waals surface area contributed by atoms with Crippen LogP contribution in [-0.4, -0.2) is 28.6 Å². The third kappa shape index (κ3) is 4.85. The van der Waals surface area contributed by atoms with E-state index < -0.39 is 0 Å². The summed E-state index contributed by atoms with van der Waals surface area (Å²) < 4.78 is 0. The van der Waals surface area contributed by atoms with Crippen molar-refractivity contribution in [3.05, 3.63) is 52.7 Å². The third-order valence-electron chi connectivity index (χ3n) is 4.54. The van der Waals surface area contributed by atoms with Crippen LogP contribution < -0.4 is 0 Å². The first kappa shape index (κ1) is 18.0. The number of unbranched alkanes of at least 4 members (excludes halogenated alkanes) is 3. The van der Waals surface area contributed by atoms with Crippen LogP contribution in [0.15, 0.2) is 41.4 Å². The number of thioether (sulfide) groups is 1. The Kier molecular flexibility index (Phi) is 6.14. The number of rotatable bonds is 8. The fourth-order valence-electron chi connectivity index (χ4n) is 3.25. The molecule has 25 heavy (non-hydrogen) atoms. The molecule has 4 heteroatoms. The molecule has 1 aromatic heterocycles. The molecule has 1 aromatic carbocycles. The number of benzene rings is 1. The summed E-state index contributed by atoms with van der Waals surface area (Å²) in [5, 5.41) is 0.979. The monoisotopic (exact) mass is 354 g/mol. The summed E-state index contributed by atoms with van der Waals surface area (Å²) in [5.41, 5.74) is 2.66. The van der Waals surface area contributed by atoms with Gasteiger partial charge in [-0.1, -0.05) is 31.0 Å². The number of nitrogens with zero attached hydrogens (tertiary/aromatic N) is 2. The number of carbonyl (C=O) groups excluding carboxylic acids is 1. The molecule has 0 saturated heterocycles. The summed E-state index contributed by atoms with van der Waals surface area (Å²) in [6.45, 7) is 1.95. The maximum Gasteiger partial charge on any atom is 0.163 e. The van der Waals surface area contributed by atoms with Crippen LogP contribution in [0.1, 0.15) is 54.6 Å². The number of aryl methyl sites for hydroxylation is 1. The molecule has 0 unspecified atom stereocenters. The molecule has 3 rings (SSSR count). The molecule has 3 nitrogen and oxygen atoms in total. The lowest BCUT2D eigenvalue weighted by Gasteiger charge is -2.07. The van der Waals surface area contributed by atoms with Gasteiger partial charge in [-0.15, -0.1) is 11.8 Å². The van der Waals surface area contributed by atoms with E-state index in [9.17, 15) is 4.79 Å². The van der Waals surface area contributed by atoms with Gasteiger partial charge in [0.2, 0.25) is 0 Å². The number of pyridine rings is 1. The molecule has 1 aliphatic rings. The fourth-order valence-corrected chi connectivity index (χ4v) is 4.24. The lowest BCUT2D eigenvalue weighted by atomic mass is 9.99. The number of hydrogen-bond acceptors (Lipinski definition) is 4. The first-order valence-electron chi connectivity index (χ1n) is 9.07. The smallest absolute Gasteiger partial charge is 0.163 e. The van der Waals surface area contributed by atoms with Crippen LogP contribution in [0.2, 0.25) is 0 Å². The Bertz CT molecular complexity index is 785. The maximum absolute atomic E-state index is 12.6. The summed E-state index contributed by atoms with van der Waals surface area (Å²) in [5.74, 6) is 1.33. The highest BCUT2D eigenvalue weighted by molar-refractivity contribution is 8.03. The average molecular weight is 355 g/mol. The fraction of sp³-hybridized carbons (Fsp3) is 0.429. The maximum atomic E-state index is 12.6. The summed E-state index contributed by atoms with van der Waals surface area (Å²) in [7, 11) is 2.12. The van der Waals surface area contributed by atoms with Gasteiger partial charge in [0.25, 0.3) is 0 Å². The van der Waals surface area contributed by atoms with Crippen LogP contribution in [0, 0.1) is 6.92 Å². The van der Waals surface area contributed by atoms with Gasteiger partial charge in [0.15, 0.2) is 5.78 Å². The number of aromatic nitrogens is 1. The van der Waals surface area contributed by atoms with E-state index in [1.54, 1.807) is 0 Å². The largest absolute Gasteiger partial charge is 0.370 e. The second-order valence-electron chi connectivity index (χ2n) is 6.79. The van der Waals surface area contributed by atoms with Gasteiger partial charge in [0.1, 0.15) is 0 Å². The second kappa shape index (κ2) is 8.52. The first-order valence-corrected chi connectivity index (χ1v) is 10.1. The molecule has 0 radical (unpaired) electrons. The zero-order chi connectivity index (χ0) is 17.6. The molecule has 0 saturated carbocycles. The third-order valence-corrected chi connectivity index (χ3v) is 5.76. The van der Waals surface area contributed by atoms with E-state index in [2.05, 4.69) is 23.1 Å². The van der Waals surface area contributed by atoms with E-state index >= 15 is 0 Å². The molecule has 0 aliphatic carbocycles. The topological polar surface area (TPSA) is 33.2 Å². The van der Waals surface area contributed by atoms with Crippen LogP contribution in [0.4, 0.5) is 0 Å². The molecule has 0 spiro atoms. The molecule has 2 heterocycles. The minimum absolute atomic E-state index is 0.248. The lowest BCUT2D eigenvalue weighted by molar-refractivity contribution is 0.0980. The van der Waals surface area contributed by atoms with E-state index in [4.69, 9.17) is 0 Å². The van der Waals surface area contributed by atoms with E-state index in [1.807, 2.05) is 49.0 Å². The Labute approximate surface area is 154 Å². The minimum atomic E-state index is 0.248. The molecule has 2 aromatic rings. The van der Waals surface area contributed by atoms with Crippen LogP contribution in [0.25, 0.3) is 10.9 Å². The van der Waals surface area contributed by atoms with Gasteiger partial charge in [0.05, 0.1) is 11.4 Å². The van der Waals surface area contributed by atoms with Crippen molar-refractivity contribution in [3.63, 3.8) is 0 Å². The molecule has 0 N–H and O–H groups in total. The van der Waals surface area contributed by atoms with Gasteiger partial charge >= 0.3 is 0 Å². The molecule has 0 amide bonds. The number of hydrogen-bond donors (Lipinski definition) is 0. The minimum Gasteiger partial charge on any atom is -0.370 e. The van der Waals surface area contributed by atoms with Crippen molar-refractivity contribution >= 4 is 28.4 Å². The van der Waals surface area contributed by atoms with Crippen molar-refractivity contribution < 1.29 is 4.79 Å². The van der Waals surface area contributed by atoms with Gasteiger partial charge in [-0.2, -0.15) is 0 Å². The highest BCUT2D eigenvalue weighted by atomic mass is 32.2. The molecule has 1 aliphatic heterocycles. The van der Waals surface area contributed by atoms with Crippen LogP contribution in [0.3, 0.4) is 0 Å². The highest BCUT2D eigenvalue weighted by Crippen LogP contribution is 2.29. The van der Waals surface area contributed by atoms with E-state index in [0.29, 0.717) is 6.42 Å². The quantitative estimate of drug-likeness (QED) is 0.460. The van der Waals surface area contributed by atoms with Crippen LogP contribution in [-0.2, 0) is 0 Å². The predicted octanol–water partition coefficient (Wildman–Crippen LogP) is 5.54. The Morgan fingerprint density at radius 2 is 2.00 bits per heavy atom. The van der Waals surface area contributed by atoms with Crippen molar-refractivity contribution in [2.24, 2.45) is 0 Å². The Balaban J connectivity index is 1.46. The van der Waals surface area contributed by atoms with Gasteiger partial charge in [-0.25, -0.2) is 0 Å². The number of allylic oxidation sites excluding steroid dienone is 1. The first-order chi connectivity index (χ1) is 12.1. The summed E-state index contributed by atoms with van der Waals surface area (Å²) in [6.07, 6.45) is 8.58. The highest BCUT2D eigenvalue weighted by Gasteiger charge is 2.12. The molecule has 0 fully saturated rings. The van der Waals surface area contributed by atoms with Gasteiger partial charge in [-0.3, -0.25) is 9.78 Å². The Morgan fingerprint density at radius 3 is 2.80 bits per heavy atom. The number of para-hydroxylation sites is 1. The number of Topliss-reactive ketones (excluding diaryl/α,β-unsaturated/α-hetero) is 1. The van der Waals surface area contributed by atoms with Gasteiger partial charge in [0, 0.05) is 41.2 Å². The van der Waals surface area contributed by atoms with Crippen molar-refractivity contribution in [2.45, 2.75) is 45.4 Å². The number of fused-ring (bicyclic) bond motifs is 1. The molecule has 132 valence electrons. The molecular formula is C21H26N2OS. The van der Waals surface area contributed by atoms with Crippen molar-refractivity contribution in [1.29, 1.82) is 0 Å². The van der Waals surface area contributed by atoms with Crippen molar-refractivity contribution in [3.8, 4) is 0 Å². The van der Waals surface area contributed by atoms with Gasteiger partial charge in [-0.05, 0) is 38.3 Å². The zero-order valence-electron chi connectivity index (χ0n) is 15.1. The SMILES string of the molecule is Cc1cc(C(=O)CCCCCCC2=CN(C)CS2)c2ccccc2n1. The summed E-state index contributed by atoms with van der Waals surface area (Å²) >= 11 is 1.95. The summed E-state index contributed by atoms with van der Waals surface area (Å²) in [4.78, 5) is 20.9. The van der Waals surface area contributed by atoms with Crippen molar-refractivity contribution in [1.82, 2.24) is 9.88 Å². The number of ketones is 1. The van der Waals surface area contributed by atoms with E-state index in [1.165, 1.54) is 24.2 Å². The van der Waals surface area contributed by atoms with Crippen LogP contribution in [0.5, 0.6) is 0 Å². The zero-order valence-corrected chi connectivity index (χ0v) is 15.9. The molecule has 0 bridgehead atoms. The van der Waals surface area contributed by atoms with Crippen molar-refractivity contribution in [2.75, 3.05) is 12.9 Å². The Morgan fingerprint density at radius 1 is 1.20 bits per heavy atom. The second-order valence-corrected chi connectivity index (χ2v) is 7.86. The normalized spacial score (nSPS) is 14.2. The summed E-state index contributed by atoms with van der Waals surface area (Å²) in [6, 6.07) is 9.86. The van der Waals surface area contributed by atoms with E-state index in [0.717, 1.165) is 40.9 Å². The predicted molar refractivity (Wildman–Crippen MR) is 107 cm³/mol. The Hall–Kier alpha value is -1.81. The molecule has 0 atom stereocenters. The van der Waals surface area contributed by atoms with Gasteiger partial charge < -0.3 is 4.90 Å². The van der Waals surface area contributed by atoms with Crippen LogP contribution >= 0.6 is 11.8 Å². The molecular weight excluding hydrogens is 328 g/mol. The lowest BCUT2D eigenvalue weighted by Crippen LogP contribution is -2.02. The number of carbonyl (C=O) groups is 1. The van der Waals surface area contributed by atoms with E-state index in [-0.39, 0.29) is 5.78 Å². The standard InChI is InChI=1S/C21H26N2OS/c1-16-13-19(18-10-7-8-11-20(18)22-16)21(24)12-6-4-3-5-9-17-14-23(2)15-25-17/h7-8,10-11,13-14H,3-6,9,12,15H2,1-2H3. The average Bonchev–Trinajstić information content (AvgIpc) is 3.02.